The Bertz CT molecular complexity index is 3050. The fourth-order valence-electron chi connectivity index (χ4n) is 9.21. The third-order valence-electron chi connectivity index (χ3n) is 12.0. The van der Waals surface area contributed by atoms with Crippen LogP contribution in [0.5, 0.6) is 0 Å². The summed E-state index contributed by atoms with van der Waals surface area (Å²) in [6.45, 7) is 0.324. The highest BCUT2D eigenvalue weighted by Gasteiger charge is 2.35. The maximum Gasteiger partial charge on any atom is 0.242 e. The molecule has 2 aliphatic rings. The molecule has 0 radical (unpaired) electrons. The Balaban J connectivity index is 1.00. The number of oxazole rings is 1. The van der Waals surface area contributed by atoms with E-state index in [0.29, 0.717) is 23.4 Å². The molecule has 0 bridgehead atoms. The van der Waals surface area contributed by atoms with E-state index in [1.165, 1.54) is 55.0 Å². The summed E-state index contributed by atoms with van der Waals surface area (Å²) in [5, 5.41) is 0. The molecule has 0 unspecified atom stereocenters. The second-order valence-corrected chi connectivity index (χ2v) is 15.3. The van der Waals surface area contributed by atoms with Gasteiger partial charge in [0.15, 0.2) is 23.1 Å². The van der Waals surface area contributed by atoms with Crippen molar-refractivity contribution in [2.75, 3.05) is 0 Å². The van der Waals surface area contributed by atoms with Gasteiger partial charge >= 0.3 is 0 Å². The average molecular weight is 750 g/mol. The molecule has 0 aliphatic carbocycles. The molecule has 272 valence electrons. The van der Waals surface area contributed by atoms with E-state index < -0.39 is 0 Å². The fourth-order valence-corrected chi connectivity index (χ4v) is 9.21. The molecule has 7 heteroatoms. The number of aromatic nitrogens is 4. The molecule has 0 saturated heterocycles. The van der Waals surface area contributed by atoms with Crippen LogP contribution in [0, 0.1) is 0 Å². The van der Waals surface area contributed by atoms with Crippen molar-refractivity contribution in [3.8, 4) is 67.9 Å². The Kier molecular flexibility index (Phi) is 7.67. The summed E-state index contributed by atoms with van der Waals surface area (Å²) in [5.74, 6) is 2.42. The molecule has 0 atom stereocenters. The van der Waals surface area contributed by atoms with Crippen molar-refractivity contribution < 1.29 is 4.42 Å². The van der Waals surface area contributed by atoms with E-state index in [2.05, 4.69) is 146 Å². The smallest absolute Gasteiger partial charge is 0.242 e. The van der Waals surface area contributed by atoms with Crippen molar-refractivity contribution in [1.82, 2.24) is 19.9 Å². The SMILES string of the molecule is c1ccc(B2c3ccccc3-c3cc(-c4nc(-c5ccc(-c6nc7ccccc7o6)cc5)nc(-c5ccc6c(c5)-c5ccccc5B6c5ccccc5)n4)ccc32)cc1. The molecule has 0 N–H and O–H groups in total. The van der Waals surface area contributed by atoms with Gasteiger partial charge in [-0.25, -0.2) is 19.9 Å². The van der Waals surface area contributed by atoms with Crippen LogP contribution in [0.25, 0.3) is 79.0 Å². The first-order valence-corrected chi connectivity index (χ1v) is 20.0. The molecule has 5 nitrogen and oxygen atoms in total. The van der Waals surface area contributed by atoms with Crippen LogP contribution in [-0.4, -0.2) is 33.4 Å². The third-order valence-corrected chi connectivity index (χ3v) is 12.0. The Hall–Kier alpha value is -7.63. The number of benzene rings is 8. The monoisotopic (exact) mass is 750 g/mol. The third kappa shape index (κ3) is 5.58. The van der Waals surface area contributed by atoms with Gasteiger partial charge in [-0.15, -0.1) is 0 Å². The number of rotatable bonds is 6. The molecule has 59 heavy (non-hydrogen) atoms. The van der Waals surface area contributed by atoms with Crippen molar-refractivity contribution >= 4 is 57.3 Å². The van der Waals surface area contributed by atoms with Crippen LogP contribution in [0.1, 0.15) is 0 Å². The van der Waals surface area contributed by atoms with E-state index in [0.717, 1.165) is 33.4 Å². The van der Waals surface area contributed by atoms with Gasteiger partial charge in [-0.2, -0.15) is 0 Å². The Morgan fingerprint density at radius 3 is 1.29 bits per heavy atom. The first-order valence-electron chi connectivity index (χ1n) is 20.0. The Labute approximate surface area is 342 Å². The second kappa shape index (κ2) is 13.5. The molecule has 10 aromatic rings. The molecule has 12 rings (SSSR count). The lowest BCUT2D eigenvalue weighted by Gasteiger charge is -2.13. The van der Waals surface area contributed by atoms with E-state index in [9.17, 15) is 0 Å². The van der Waals surface area contributed by atoms with Gasteiger partial charge in [0.2, 0.25) is 19.3 Å². The van der Waals surface area contributed by atoms with Crippen LogP contribution in [0.2, 0.25) is 0 Å². The van der Waals surface area contributed by atoms with Gasteiger partial charge < -0.3 is 4.42 Å². The maximum atomic E-state index is 6.10. The first-order chi connectivity index (χ1) is 29.2. The number of nitrogens with zero attached hydrogens (tertiary/aromatic N) is 4. The van der Waals surface area contributed by atoms with Crippen molar-refractivity contribution in [3.05, 3.63) is 194 Å². The van der Waals surface area contributed by atoms with E-state index in [1.54, 1.807) is 0 Å². The molecule has 2 aliphatic heterocycles. The molecule has 0 fully saturated rings. The lowest BCUT2D eigenvalue weighted by atomic mass is 9.39. The number of hydrogen-bond donors (Lipinski definition) is 0. The minimum Gasteiger partial charge on any atom is -0.436 e. The average Bonchev–Trinajstić information content (AvgIpc) is 3.99. The number of para-hydroxylation sites is 2. The summed E-state index contributed by atoms with van der Waals surface area (Å²) in [6, 6.07) is 68.4. The lowest BCUT2D eigenvalue weighted by molar-refractivity contribution is 0.620. The molecule has 8 aromatic carbocycles. The second-order valence-electron chi connectivity index (χ2n) is 15.3. The Morgan fingerprint density at radius 1 is 0.322 bits per heavy atom. The van der Waals surface area contributed by atoms with Gasteiger partial charge in [0.1, 0.15) is 5.52 Å². The van der Waals surface area contributed by atoms with Crippen LogP contribution >= 0.6 is 0 Å². The summed E-state index contributed by atoms with van der Waals surface area (Å²) in [4.78, 5) is 20.4. The molecule has 4 heterocycles. The number of hydrogen-bond acceptors (Lipinski definition) is 5. The van der Waals surface area contributed by atoms with Gasteiger partial charge in [-0.1, -0.05) is 191 Å². The van der Waals surface area contributed by atoms with E-state index in [1.807, 2.05) is 48.5 Å². The number of fused-ring (bicyclic) bond motifs is 7. The zero-order valence-corrected chi connectivity index (χ0v) is 31.8. The van der Waals surface area contributed by atoms with Crippen LogP contribution < -0.4 is 32.8 Å². The molecular formula is C52H32B2N4O. The van der Waals surface area contributed by atoms with Crippen molar-refractivity contribution in [1.29, 1.82) is 0 Å². The predicted molar refractivity (Wildman–Crippen MR) is 242 cm³/mol. The normalized spacial score (nSPS) is 12.3. The van der Waals surface area contributed by atoms with Crippen molar-refractivity contribution in [2.45, 2.75) is 0 Å². The molecule has 0 amide bonds. The highest BCUT2D eigenvalue weighted by molar-refractivity contribution is 6.99. The quantitative estimate of drug-likeness (QED) is 0.163. The van der Waals surface area contributed by atoms with E-state index >= 15 is 0 Å². The predicted octanol–water partition coefficient (Wildman–Crippen LogP) is 7.67. The zero-order chi connectivity index (χ0) is 38.9. The minimum absolute atomic E-state index is 0.162. The van der Waals surface area contributed by atoms with Crippen LogP contribution in [0.15, 0.2) is 199 Å². The summed E-state index contributed by atoms with van der Waals surface area (Å²) in [5.41, 5.74) is 17.9. The molecule has 0 saturated carbocycles. The first kappa shape index (κ1) is 33.5. The van der Waals surface area contributed by atoms with E-state index in [4.69, 9.17) is 24.4 Å². The van der Waals surface area contributed by atoms with Crippen LogP contribution in [-0.2, 0) is 0 Å². The summed E-state index contributed by atoms with van der Waals surface area (Å²) < 4.78 is 6.10. The van der Waals surface area contributed by atoms with Gasteiger partial charge in [-0.05, 0) is 58.7 Å². The van der Waals surface area contributed by atoms with Gasteiger partial charge in [0.05, 0.1) is 0 Å². The molecule has 0 spiro atoms. The highest BCUT2D eigenvalue weighted by Crippen LogP contribution is 2.33. The van der Waals surface area contributed by atoms with Crippen LogP contribution in [0.4, 0.5) is 0 Å². The largest absolute Gasteiger partial charge is 0.436 e. The zero-order valence-electron chi connectivity index (χ0n) is 31.8. The summed E-state index contributed by atoms with van der Waals surface area (Å²) in [6.07, 6.45) is 0. The lowest BCUT2D eigenvalue weighted by Crippen LogP contribution is -2.48. The van der Waals surface area contributed by atoms with Crippen molar-refractivity contribution in [2.24, 2.45) is 0 Å². The standard InChI is InChI=1S/C52H32B2N4O/c1-3-13-37(14-4-1)53-43-19-9-7-17-39(43)41-31-35(27-29-45(41)53)50-56-49(33-23-25-34(26-24-33)52-55-47-21-11-12-22-48(47)59-52)57-51(58-50)36-28-30-46-42(32-36)40-18-8-10-20-44(40)54(46)38-15-5-2-6-16-38/h1-32H. The Morgan fingerprint density at radius 2 is 0.746 bits per heavy atom. The topological polar surface area (TPSA) is 64.7 Å². The maximum absolute atomic E-state index is 6.10. The van der Waals surface area contributed by atoms with E-state index in [-0.39, 0.29) is 13.4 Å². The minimum atomic E-state index is 0.162. The summed E-state index contributed by atoms with van der Waals surface area (Å²) in [7, 11) is 0. The molecular weight excluding hydrogens is 718 g/mol. The van der Waals surface area contributed by atoms with Gasteiger partial charge in [0, 0.05) is 22.3 Å². The summed E-state index contributed by atoms with van der Waals surface area (Å²) >= 11 is 0. The molecule has 2 aromatic heterocycles. The van der Waals surface area contributed by atoms with Crippen molar-refractivity contribution in [3.63, 3.8) is 0 Å². The van der Waals surface area contributed by atoms with Gasteiger partial charge in [0.25, 0.3) is 0 Å². The van der Waals surface area contributed by atoms with Gasteiger partial charge in [-0.3, -0.25) is 0 Å². The van der Waals surface area contributed by atoms with Crippen LogP contribution in [0.3, 0.4) is 0 Å². The highest BCUT2D eigenvalue weighted by atomic mass is 16.3. The fraction of sp³-hybridized carbons (Fsp3) is 0.